The average molecular weight is 365 g/mol. The number of carbonyl (C=O) groups is 1. The van der Waals surface area contributed by atoms with E-state index in [0.717, 1.165) is 42.3 Å². The smallest absolute Gasteiger partial charge is 0.258 e. The molecule has 3 aliphatic heterocycles. The molecule has 1 aromatic carbocycles. The maximum atomic E-state index is 12.9. The van der Waals surface area contributed by atoms with Gasteiger partial charge in [0.15, 0.2) is 0 Å². The van der Waals surface area contributed by atoms with Gasteiger partial charge in [-0.15, -0.1) is 0 Å². The van der Waals surface area contributed by atoms with E-state index in [9.17, 15) is 9.90 Å². The fourth-order valence-corrected chi connectivity index (χ4v) is 5.24. The van der Waals surface area contributed by atoms with E-state index < -0.39 is 6.10 Å². The van der Waals surface area contributed by atoms with Crippen molar-refractivity contribution in [2.45, 2.75) is 31.4 Å². The molecule has 5 heteroatoms. The van der Waals surface area contributed by atoms with Gasteiger partial charge in [-0.3, -0.25) is 4.79 Å². The predicted octanol–water partition coefficient (Wildman–Crippen LogP) is 2.18. The second-order valence-electron chi connectivity index (χ2n) is 8.37. The van der Waals surface area contributed by atoms with E-state index >= 15 is 0 Å². The molecule has 142 valence electrons. The summed E-state index contributed by atoms with van der Waals surface area (Å²) in [7, 11) is 2.21. The first-order chi connectivity index (χ1) is 13.1. The van der Waals surface area contributed by atoms with Gasteiger partial charge in [-0.05, 0) is 62.1 Å². The number of aliphatic hydroxyl groups is 1. The molecule has 5 nitrogen and oxygen atoms in total. The summed E-state index contributed by atoms with van der Waals surface area (Å²) in [6.45, 7) is 4.16. The van der Waals surface area contributed by atoms with E-state index in [1.807, 2.05) is 17.1 Å². The molecule has 1 N–H and O–H groups in total. The zero-order valence-corrected chi connectivity index (χ0v) is 15.8. The van der Waals surface area contributed by atoms with E-state index in [4.69, 9.17) is 0 Å². The largest absolute Gasteiger partial charge is 0.389 e. The topological polar surface area (TPSA) is 47.0 Å². The Bertz CT molecular complexity index is 813. The van der Waals surface area contributed by atoms with Gasteiger partial charge in [-0.25, -0.2) is 0 Å². The predicted molar refractivity (Wildman–Crippen MR) is 107 cm³/mol. The number of benzene rings is 1. The fraction of sp³-hybridized carbons (Fsp3) is 0.500. The van der Waals surface area contributed by atoms with Gasteiger partial charge in [-0.1, -0.05) is 12.2 Å². The van der Waals surface area contributed by atoms with Crippen molar-refractivity contribution >= 4 is 17.3 Å². The SMILES string of the molecule is CN1CC2CCN(c3ccc(N4CCC5=CC(O)CC=C5C4=O)cc3)C2C1. The monoisotopic (exact) mass is 365 g/mol. The van der Waals surface area contributed by atoms with Gasteiger partial charge >= 0.3 is 0 Å². The van der Waals surface area contributed by atoms with Crippen molar-refractivity contribution in [3.63, 3.8) is 0 Å². The van der Waals surface area contributed by atoms with E-state index in [0.29, 0.717) is 19.0 Å². The average Bonchev–Trinajstić information content (AvgIpc) is 3.21. The zero-order chi connectivity index (χ0) is 18.5. The van der Waals surface area contributed by atoms with E-state index in [1.54, 1.807) is 0 Å². The van der Waals surface area contributed by atoms with Gasteiger partial charge in [0, 0.05) is 49.2 Å². The third-order valence-electron chi connectivity index (χ3n) is 6.61. The molecule has 0 radical (unpaired) electrons. The van der Waals surface area contributed by atoms with Gasteiger partial charge in [0.2, 0.25) is 0 Å². The van der Waals surface area contributed by atoms with Crippen LogP contribution in [0.1, 0.15) is 19.3 Å². The van der Waals surface area contributed by atoms with E-state index in [2.05, 4.69) is 41.1 Å². The molecule has 1 aromatic rings. The maximum absolute atomic E-state index is 12.9. The summed E-state index contributed by atoms with van der Waals surface area (Å²) in [5, 5.41) is 9.78. The molecule has 5 rings (SSSR count). The number of likely N-dealkylation sites (tertiary alicyclic amines) is 1. The second kappa shape index (κ2) is 6.50. The Morgan fingerprint density at radius 1 is 1.07 bits per heavy atom. The number of carbonyl (C=O) groups excluding carboxylic acids is 1. The molecule has 3 heterocycles. The Labute approximate surface area is 160 Å². The van der Waals surface area contributed by atoms with Crippen molar-refractivity contribution in [1.82, 2.24) is 4.90 Å². The molecule has 4 aliphatic rings. The van der Waals surface area contributed by atoms with Crippen LogP contribution in [0.4, 0.5) is 11.4 Å². The lowest BCUT2D eigenvalue weighted by Gasteiger charge is -2.33. The Morgan fingerprint density at radius 3 is 2.67 bits per heavy atom. The fourth-order valence-electron chi connectivity index (χ4n) is 5.24. The highest BCUT2D eigenvalue weighted by atomic mass is 16.3. The minimum Gasteiger partial charge on any atom is -0.389 e. The lowest BCUT2D eigenvalue weighted by atomic mass is 9.89. The second-order valence-corrected chi connectivity index (χ2v) is 8.37. The number of fused-ring (bicyclic) bond motifs is 2. The summed E-state index contributed by atoms with van der Waals surface area (Å²) in [5.41, 5.74) is 4.01. The number of nitrogens with zero attached hydrogens (tertiary/aromatic N) is 3. The molecule has 1 aliphatic carbocycles. The van der Waals surface area contributed by atoms with Crippen LogP contribution >= 0.6 is 0 Å². The van der Waals surface area contributed by atoms with Crippen LogP contribution < -0.4 is 9.80 Å². The third kappa shape index (κ3) is 2.89. The number of hydrogen-bond acceptors (Lipinski definition) is 4. The van der Waals surface area contributed by atoms with Crippen LogP contribution in [-0.4, -0.2) is 61.3 Å². The van der Waals surface area contributed by atoms with Crippen LogP contribution in [0, 0.1) is 5.92 Å². The van der Waals surface area contributed by atoms with Crippen molar-refractivity contribution in [3.8, 4) is 0 Å². The highest BCUT2D eigenvalue weighted by Crippen LogP contribution is 2.36. The van der Waals surface area contributed by atoms with Crippen LogP contribution in [0.3, 0.4) is 0 Å². The number of likely N-dealkylation sites (N-methyl/N-ethyl adjacent to an activating group) is 1. The Hall–Kier alpha value is -2.11. The van der Waals surface area contributed by atoms with Gasteiger partial charge in [0.05, 0.1) is 6.10 Å². The number of amides is 1. The molecule has 0 saturated carbocycles. The highest BCUT2D eigenvalue weighted by molar-refractivity contribution is 6.10. The van der Waals surface area contributed by atoms with Crippen molar-refractivity contribution in [3.05, 3.63) is 47.6 Å². The maximum Gasteiger partial charge on any atom is 0.258 e. The summed E-state index contributed by atoms with van der Waals surface area (Å²) in [5.74, 6) is 0.850. The number of piperidine rings is 1. The summed E-state index contributed by atoms with van der Waals surface area (Å²) >= 11 is 0. The Morgan fingerprint density at radius 2 is 1.85 bits per heavy atom. The molecule has 3 fully saturated rings. The van der Waals surface area contributed by atoms with Crippen molar-refractivity contribution in [2.75, 3.05) is 43.0 Å². The minimum absolute atomic E-state index is 0.0609. The number of rotatable bonds is 2. The van der Waals surface area contributed by atoms with Crippen LogP contribution in [0.25, 0.3) is 0 Å². The molecule has 3 saturated heterocycles. The van der Waals surface area contributed by atoms with Crippen molar-refractivity contribution in [2.24, 2.45) is 5.92 Å². The first kappa shape index (κ1) is 17.0. The van der Waals surface area contributed by atoms with E-state index in [1.165, 1.54) is 18.7 Å². The first-order valence-corrected chi connectivity index (χ1v) is 10.1. The molecule has 3 unspecified atom stereocenters. The van der Waals surface area contributed by atoms with Gasteiger partial charge in [0.25, 0.3) is 5.91 Å². The molecule has 0 bridgehead atoms. The van der Waals surface area contributed by atoms with Crippen LogP contribution in [0.5, 0.6) is 0 Å². The van der Waals surface area contributed by atoms with Crippen LogP contribution in [-0.2, 0) is 4.79 Å². The molecule has 0 aromatic heterocycles. The Balaban J connectivity index is 1.34. The van der Waals surface area contributed by atoms with E-state index in [-0.39, 0.29) is 5.91 Å². The molecule has 0 spiro atoms. The lowest BCUT2D eigenvalue weighted by molar-refractivity contribution is -0.115. The summed E-state index contributed by atoms with van der Waals surface area (Å²) in [6, 6.07) is 9.16. The summed E-state index contributed by atoms with van der Waals surface area (Å²) in [4.78, 5) is 19.8. The molecular formula is C22H27N3O2. The highest BCUT2D eigenvalue weighted by Gasteiger charge is 2.40. The zero-order valence-electron chi connectivity index (χ0n) is 15.8. The molecule has 27 heavy (non-hydrogen) atoms. The lowest BCUT2D eigenvalue weighted by Crippen LogP contribution is -2.39. The van der Waals surface area contributed by atoms with Crippen LogP contribution in [0.2, 0.25) is 0 Å². The van der Waals surface area contributed by atoms with Crippen LogP contribution in [0.15, 0.2) is 47.6 Å². The molecular weight excluding hydrogens is 338 g/mol. The Kier molecular flexibility index (Phi) is 4.10. The minimum atomic E-state index is -0.443. The quantitative estimate of drug-likeness (QED) is 0.873. The molecule has 1 amide bonds. The molecule has 3 atom stereocenters. The normalized spacial score (nSPS) is 30.9. The van der Waals surface area contributed by atoms with Gasteiger partial charge < -0.3 is 19.8 Å². The van der Waals surface area contributed by atoms with Gasteiger partial charge in [0.1, 0.15) is 0 Å². The summed E-state index contributed by atoms with van der Waals surface area (Å²) in [6.07, 6.45) is 5.90. The van der Waals surface area contributed by atoms with Crippen molar-refractivity contribution in [1.29, 1.82) is 0 Å². The third-order valence-corrected chi connectivity index (χ3v) is 6.61. The van der Waals surface area contributed by atoms with Crippen molar-refractivity contribution < 1.29 is 9.90 Å². The number of anilines is 2. The first-order valence-electron chi connectivity index (χ1n) is 10.1. The number of hydrogen-bond donors (Lipinski definition) is 1. The van der Waals surface area contributed by atoms with Gasteiger partial charge in [-0.2, -0.15) is 0 Å². The summed E-state index contributed by atoms with van der Waals surface area (Å²) < 4.78 is 0. The standard InChI is InChI=1S/C22H27N3O2/c1-23-13-16-9-10-24(21(16)14-23)17-2-4-18(5-3-17)25-11-8-15-12-19(26)6-7-20(15)22(25)27/h2-5,7,12,16,19,21,26H,6,8-11,13-14H2,1H3. The number of aliphatic hydroxyl groups excluding tert-OH is 1.